The molecular formula is C15H29NO3. The summed E-state index contributed by atoms with van der Waals surface area (Å²) in [6.07, 6.45) is 5.32. The zero-order valence-electron chi connectivity index (χ0n) is 12.7. The average molecular weight is 271 g/mol. The Kier molecular flexibility index (Phi) is 8.07. The lowest BCUT2D eigenvalue weighted by Crippen LogP contribution is -2.38. The highest BCUT2D eigenvalue weighted by Crippen LogP contribution is 2.23. The van der Waals surface area contributed by atoms with Crippen molar-refractivity contribution >= 4 is 5.97 Å². The van der Waals surface area contributed by atoms with Gasteiger partial charge in [0.15, 0.2) is 0 Å². The SMILES string of the molecule is CCOC(=O)COCCN(CC(C)C)C1CCCC1. The van der Waals surface area contributed by atoms with Crippen LogP contribution in [-0.2, 0) is 14.3 Å². The molecule has 0 aliphatic heterocycles. The first-order valence-corrected chi connectivity index (χ1v) is 7.61. The Morgan fingerprint density at radius 2 is 2.00 bits per heavy atom. The van der Waals surface area contributed by atoms with E-state index < -0.39 is 0 Å². The van der Waals surface area contributed by atoms with Gasteiger partial charge in [0.1, 0.15) is 6.61 Å². The number of hydrogen-bond acceptors (Lipinski definition) is 4. The van der Waals surface area contributed by atoms with Gasteiger partial charge in [0.05, 0.1) is 13.2 Å². The summed E-state index contributed by atoms with van der Waals surface area (Å²) in [4.78, 5) is 13.7. The molecule has 0 atom stereocenters. The summed E-state index contributed by atoms with van der Waals surface area (Å²) >= 11 is 0. The highest BCUT2D eigenvalue weighted by molar-refractivity contribution is 5.70. The normalized spacial score (nSPS) is 16.5. The number of carbonyl (C=O) groups excluding carboxylic acids is 1. The van der Waals surface area contributed by atoms with Crippen molar-refractivity contribution in [3.63, 3.8) is 0 Å². The van der Waals surface area contributed by atoms with E-state index in [2.05, 4.69) is 18.7 Å². The summed E-state index contributed by atoms with van der Waals surface area (Å²) in [5, 5.41) is 0. The third-order valence-electron chi connectivity index (χ3n) is 3.49. The lowest BCUT2D eigenvalue weighted by Gasteiger charge is -2.30. The maximum atomic E-state index is 11.2. The molecule has 0 saturated heterocycles. The minimum absolute atomic E-state index is 0.0774. The highest BCUT2D eigenvalue weighted by Gasteiger charge is 2.22. The number of ether oxygens (including phenoxy) is 2. The first-order chi connectivity index (χ1) is 9.13. The number of hydrogen-bond donors (Lipinski definition) is 0. The van der Waals surface area contributed by atoms with Crippen LogP contribution in [0.3, 0.4) is 0 Å². The molecule has 4 heteroatoms. The molecule has 1 fully saturated rings. The summed E-state index contributed by atoms with van der Waals surface area (Å²) in [6, 6.07) is 0.716. The van der Waals surface area contributed by atoms with Crippen LogP contribution in [0.15, 0.2) is 0 Å². The Morgan fingerprint density at radius 3 is 2.58 bits per heavy atom. The van der Waals surface area contributed by atoms with E-state index in [4.69, 9.17) is 9.47 Å². The third kappa shape index (κ3) is 6.92. The molecule has 0 N–H and O–H groups in total. The maximum Gasteiger partial charge on any atom is 0.332 e. The second-order valence-electron chi connectivity index (χ2n) is 5.68. The smallest absolute Gasteiger partial charge is 0.332 e. The lowest BCUT2D eigenvalue weighted by atomic mass is 10.1. The molecule has 0 aromatic carbocycles. The van der Waals surface area contributed by atoms with Gasteiger partial charge in [-0.1, -0.05) is 26.7 Å². The first-order valence-electron chi connectivity index (χ1n) is 7.61. The topological polar surface area (TPSA) is 38.8 Å². The number of carbonyl (C=O) groups is 1. The Balaban J connectivity index is 2.22. The van der Waals surface area contributed by atoms with Crippen molar-refractivity contribution in [2.75, 3.05) is 32.9 Å². The lowest BCUT2D eigenvalue weighted by molar-refractivity contribution is -0.148. The van der Waals surface area contributed by atoms with E-state index in [1.807, 2.05) is 6.92 Å². The molecule has 112 valence electrons. The molecule has 4 nitrogen and oxygen atoms in total. The van der Waals surface area contributed by atoms with E-state index in [0.29, 0.717) is 25.2 Å². The molecule has 0 aromatic heterocycles. The van der Waals surface area contributed by atoms with E-state index in [-0.39, 0.29) is 12.6 Å². The molecule has 0 amide bonds. The molecule has 1 aliphatic carbocycles. The van der Waals surface area contributed by atoms with E-state index in [1.54, 1.807) is 0 Å². The first kappa shape index (κ1) is 16.4. The summed E-state index contributed by atoms with van der Waals surface area (Å²) in [5.41, 5.74) is 0. The van der Waals surface area contributed by atoms with E-state index >= 15 is 0 Å². The minimum Gasteiger partial charge on any atom is -0.464 e. The zero-order chi connectivity index (χ0) is 14.1. The summed E-state index contributed by atoms with van der Waals surface area (Å²) in [5.74, 6) is 0.407. The van der Waals surface area contributed by atoms with Gasteiger partial charge in [-0.05, 0) is 25.7 Å². The van der Waals surface area contributed by atoms with Crippen LogP contribution >= 0.6 is 0 Å². The Morgan fingerprint density at radius 1 is 1.32 bits per heavy atom. The largest absolute Gasteiger partial charge is 0.464 e. The number of nitrogens with zero attached hydrogens (tertiary/aromatic N) is 1. The Labute approximate surface area is 117 Å². The molecule has 19 heavy (non-hydrogen) atoms. The van der Waals surface area contributed by atoms with Gasteiger partial charge in [0, 0.05) is 19.1 Å². The summed E-state index contributed by atoms with van der Waals surface area (Å²) in [6.45, 7) is 9.46. The summed E-state index contributed by atoms with van der Waals surface area (Å²) < 4.78 is 10.2. The molecular weight excluding hydrogens is 242 g/mol. The van der Waals surface area contributed by atoms with Crippen molar-refractivity contribution in [3.8, 4) is 0 Å². The molecule has 0 aromatic rings. The van der Waals surface area contributed by atoms with Crippen LogP contribution < -0.4 is 0 Å². The van der Waals surface area contributed by atoms with Gasteiger partial charge >= 0.3 is 5.97 Å². The van der Waals surface area contributed by atoms with Crippen molar-refractivity contribution in [2.24, 2.45) is 5.92 Å². The quantitative estimate of drug-likeness (QED) is 0.477. The zero-order valence-corrected chi connectivity index (χ0v) is 12.7. The van der Waals surface area contributed by atoms with Crippen LogP contribution in [0.25, 0.3) is 0 Å². The predicted octanol–water partition coefficient (Wildman–Crippen LogP) is 2.47. The van der Waals surface area contributed by atoms with Crippen molar-refractivity contribution in [3.05, 3.63) is 0 Å². The van der Waals surface area contributed by atoms with Gasteiger partial charge in [-0.2, -0.15) is 0 Å². The molecule has 0 radical (unpaired) electrons. The highest BCUT2D eigenvalue weighted by atomic mass is 16.6. The Hall–Kier alpha value is -0.610. The van der Waals surface area contributed by atoms with Crippen molar-refractivity contribution in [1.29, 1.82) is 0 Å². The average Bonchev–Trinajstić information content (AvgIpc) is 2.86. The van der Waals surface area contributed by atoms with Crippen LogP contribution in [0.1, 0.15) is 46.5 Å². The van der Waals surface area contributed by atoms with Gasteiger partial charge in [0.25, 0.3) is 0 Å². The molecule has 1 saturated carbocycles. The van der Waals surface area contributed by atoms with Crippen LogP contribution in [0.4, 0.5) is 0 Å². The molecule has 0 bridgehead atoms. The monoisotopic (exact) mass is 271 g/mol. The number of rotatable bonds is 9. The molecule has 0 unspecified atom stereocenters. The van der Waals surface area contributed by atoms with Crippen LogP contribution in [-0.4, -0.2) is 49.8 Å². The predicted molar refractivity (Wildman–Crippen MR) is 76.1 cm³/mol. The third-order valence-corrected chi connectivity index (χ3v) is 3.49. The fraction of sp³-hybridized carbons (Fsp3) is 0.933. The van der Waals surface area contributed by atoms with Gasteiger partial charge in [-0.3, -0.25) is 4.90 Å². The van der Waals surface area contributed by atoms with Crippen LogP contribution in [0, 0.1) is 5.92 Å². The van der Waals surface area contributed by atoms with E-state index in [1.165, 1.54) is 25.7 Å². The maximum absolute atomic E-state index is 11.2. The molecule has 1 aliphatic rings. The Bertz CT molecular complexity index is 250. The van der Waals surface area contributed by atoms with Crippen LogP contribution in [0.2, 0.25) is 0 Å². The van der Waals surface area contributed by atoms with Gasteiger partial charge in [-0.15, -0.1) is 0 Å². The van der Waals surface area contributed by atoms with Crippen molar-refractivity contribution < 1.29 is 14.3 Å². The second kappa shape index (κ2) is 9.32. The fourth-order valence-electron chi connectivity index (χ4n) is 2.70. The molecule has 0 spiro atoms. The van der Waals surface area contributed by atoms with Crippen LogP contribution in [0.5, 0.6) is 0 Å². The van der Waals surface area contributed by atoms with Gasteiger partial charge < -0.3 is 9.47 Å². The minimum atomic E-state index is -0.265. The summed E-state index contributed by atoms with van der Waals surface area (Å²) in [7, 11) is 0. The second-order valence-corrected chi connectivity index (χ2v) is 5.68. The molecule has 1 rings (SSSR count). The number of esters is 1. The van der Waals surface area contributed by atoms with Gasteiger partial charge in [-0.25, -0.2) is 4.79 Å². The fourth-order valence-corrected chi connectivity index (χ4v) is 2.70. The van der Waals surface area contributed by atoms with Crippen molar-refractivity contribution in [1.82, 2.24) is 4.90 Å². The molecule has 0 heterocycles. The standard InChI is InChI=1S/C15H29NO3/c1-4-19-15(17)12-18-10-9-16(11-13(2)3)14-7-5-6-8-14/h13-14H,4-12H2,1-3H3. The van der Waals surface area contributed by atoms with E-state index in [9.17, 15) is 4.79 Å². The van der Waals surface area contributed by atoms with E-state index in [0.717, 1.165) is 13.1 Å². The van der Waals surface area contributed by atoms with Gasteiger partial charge in [0.2, 0.25) is 0 Å². The van der Waals surface area contributed by atoms with Crippen molar-refractivity contribution in [2.45, 2.75) is 52.5 Å².